The molecular formula is C77H134O12. The molecule has 89 heavy (non-hydrogen) atoms. The van der Waals surface area contributed by atoms with E-state index in [9.17, 15) is 28.8 Å². The van der Waals surface area contributed by atoms with Crippen molar-refractivity contribution in [1.29, 1.82) is 0 Å². The molecule has 0 aromatic carbocycles. The van der Waals surface area contributed by atoms with Gasteiger partial charge in [0.2, 0.25) is 0 Å². The number of unbranched alkanes of at least 4 members (excludes halogenated alkanes) is 31. The van der Waals surface area contributed by atoms with Crippen LogP contribution in [0.3, 0.4) is 0 Å². The number of esters is 6. The van der Waals surface area contributed by atoms with Crippen LogP contribution in [0.5, 0.6) is 0 Å². The van der Waals surface area contributed by atoms with Gasteiger partial charge in [-0.3, -0.25) is 28.8 Å². The molecule has 12 heteroatoms. The van der Waals surface area contributed by atoms with E-state index in [1.165, 1.54) is 116 Å². The summed E-state index contributed by atoms with van der Waals surface area (Å²) in [6.07, 6.45) is 72.3. The zero-order valence-corrected chi connectivity index (χ0v) is 57.4. The van der Waals surface area contributed by atoms with E-state index in [1.54, 1.807) is 0 Å². The third-order valence-electron chi connectivity index (χ3n) is 16.7. The van der Waals surface area contributed by atoms with Gasteiger partial charge in [0, 0.05) is 38.5 Å². The highest BCUT2D eigenvalue weighted by atomic mass is 16.6. The van der Waals surface area contributed by atoms with Crippen molar-refractivity contribution in [3.63, 3.8) is 0 Å². The summed E-state index contributed by atoms with van der Waals surface area (Å²) in [6.45, 7) is 4.04. The van der Waals surface area contributed by atoms with Gasteiger partial charge in [0.05, 0.1) is 0 Å². The van der Waals surface area contributed by atoms with Gasteiger partial charge in [0.25, 0.3) is 0 Å². The molecule has 0 bridgehead atoms. The van der Waals surface area contributed by atoms with Crippen LogP contribution in [0.15, 0.2) is 48.6 Å². The fourth-order valence-corrected chi connectivity index (χ4v) is 11.0. The monoisotopic (exact) mass is 1250 g/mol. The van der Waals surface area contributed by atoms with Gasteiger partial charge in [-0.1, -0.05) is 236 Å². The molecule has 0 N–H and O–H groups in total. The zero-order valence-electron chi connectivity index (χ0n) is 57.4. The van der Waals surface area contributed by atoms with Gasteiger partial charge in [-0.25, -0.2) is 0 Å². The summed E-state index contributed by atoms with van der Waals surface area (Å²) in [4.78, 5) is 76.3. The predicted octanol–water partition coefficient (Wildman–Crippen LogP) is 21.7. The average molecular weight is 1250 g/mol. The highest BCUT2D eigenvalue weighted by Gasteiger charge is 2.21. The lowest BCUT2D eigenvalue weighted by Crippen LogP contribution is -2.30. The quantitative estimate of drug-likeness (QED) is 0.0246. The van der Waals surface area contributed by atoms with Crippen molar-refractivity contribution in [2.24, 2.45) is 0 Å². The maximum absolute atomic E-state index is 13.0. The first-order valence-electron chi connectivity index (χ1n) is 37.3. The molecule has 0 aliphatic carbocycles. The van der Waals surface area contributed by atoms with Crippen molar-refractivity contribution in [2.75, 3.05) is 26.4 Å². The fraction of sp³-hybridized carbons (Fsp3) is 0.818. The van der Waals surface area contributed by atoms with Crippen molar-refractivity contribution in [1.82, 2.24) is 0 Å². The maximum atomic E-state index is 13.0. The SMILES string of the molecule is CCCCCCCCC=CCCCCCCCC(=O)OCC(COC(=O)CCCCCCCC=CCCCCCCCC)OC(=O)CCCCCCCC=CCCCCCCC(=O)OC1COC(=O)CCCCCCCC=CCCCCCCCC(=O)OC1. The topological polar surface area (TPSA) is 158 Å². The van der Waals surface area contributed by atoms with Crippen LogP contribution in [0, 0.1) is 0 Å². The van der Waals surface area contributed by atoms with E-state index in [0.717, 1.165) is 186 Å². The summed E-state index contributed by atoms with van der Waals surface area (Å²) in [5, 5.41) is 0. The lowest BCUT2D eigenvalue weighted by molar-refractivity contribution is -0.167. The first-order chi connectivity index (χ1) is 43.7. The second-order valence-corrected chi connectivity index (χ2v) is 25.4. The van der Waals surface area contributed by atoms with Crippen molar-refractivity contribution >= 4 is 35.8 Å². The summed E-state index contributed by atoms with van der Waals surface area (Å²) >= 11 is 0. The van der Waals surface area contributed by atoms with Gasteiger partial charge in [0.15, 0.2) is 12.2 Å². The van der Waals surface area contributed by atoms with Gasteiger partial charge in [-0.05, 0) is 141 Å². The Morgan fingerprint density at radius 1 is 0.382 bits per heavy atom. The van der Waals surface area contributed by atoms with E-state index >= 15 is 0 Å². The Morgan fingerprint density at radius 2 is 0.674 bits per heavy atom. The number of rotatable bonds is 51. The van der Waals surface area contributed by atoms with Crippen LogP contribution in [0.2, 0.25) is 0 Å². The molecule has 0 amide bonds. The molecule has 0 atom stereocenters. The van der Waals surface area contributed by atoms with Crippen LogP contribution in [0.4, 0.5) is 0 Å². The molecule has 1 rings (SSSR count). The van der Waals surface area contributed by atoms with Crippen LogP contribution < -0.4 is 0 Å². The van der Waals surface area contributed by atoms with Crippen LogP contribution in [0.25, 0.3) is 0 Å². The Hall–Kier alpha value is -4.22. The summed E-state index contributed by atoms with van der Waals surface area (Å²) in [5.41, 5.74) is 0. The number of cyclic esters (lactones) is 2. The van der Waals surface area contributed by atoms with Crippen LogP contribution in [-0.2, 0) is 57.2 Å². The molecule has 0 unspecified atom stereocenters. The Bertz CT molecular complexity index is 1690. The van der Waals surface area contributed by atoms with E-state index in [1.807, 2.05) is 0 Å². The Morgan fingerprint density at radius 3 is 1.03 bits per heavy atom. The first-order valence-corrected chi connectivity index (χ1v) is 37.3. The molecule has 1 aliphatic rings. The molecule has 1 heterocycles. The van der Waals surface area contributed by atoms with Crippen LogP contribution in [-0.4, -0.2) is 74.5 Å². The third-order valence-corrected chi connectivity index (χ3v) is 16.7. The Balaban J connectivity index is 2.37. The largest absolute Gasteiger partial charge is 0.462 e. The number of hydrogen-bond donors (Lipinski definition) is 0. The standard InChI is InChI=1S/C77H134O12/c1-3-5-7-9-11-13-15-17-19-24-30-36-42-48-54-60-72(78)84-66-70(67-85-73(79)61-55-49-43-37-31-25-20-18-16-14-12-10-8-6-4-2)88-76(82)64-58-52-46-40-34-28-23-29-35-41-47-53-59-65-77(83)89-71-68-86-74(80)62-56-50-44-38-32-26-21-22-27-33-39-45-51-57-63-75(81)87-69-71/h17-23,29,70-71H,3-16,24-28,30-69H2,1-2H3. The zero-order chi connectivity index (χ0) is 64.2. The van der Waals surface area contributed by atoms with Crippen LogP contribution >= 0.6 is 0 Å². The number of hydrogen-bond acceptors (Lipinski definition) is 12. The predicted molar refractivity (Wildman–Crippen MR) is 365 cm³/mol. The van der Waals surface area contributed by atoms with E-state index in [0.29, 0.717) is 38.5 Å². The van der Waals surface area contributed by atoms with Crippen molar-refractivity contribution in [3.8, 4) is 0 Å². The second-order valence-electron chi connectivity index (χ2n) is 25.4. The molecule has 12 nitrogen and oxygen atoms in total. The molecule has 0 saturated heterocycles. The summed E-state index contributed by atoms with van der Waals surface area (Å²) < 4.78 is 33.5. The smallest absolute Gasteiger partial charge is 0.306 e. The third kappa shape index (κ3) is 62.4. The molecule has 0 spiro atoms. The van der Waals surface area contributed by atoms with Gasteiger partial charge in [0.1, 0.15) is 26.4 Å². The summed E-state index contributed by atoms with van der Waals surface area (Å²) in [7, 11) is 0. The average Bonchev–Trinajstić information content (AvgIpc) is 3.64. The number of carbonyl (C=O) groups excluding carboxylic acids is 6. The molecule has 514 valence electrons. The lowest BCUT2D eigenvalue weighted by Gasteiger charge is -2.18. The second kappa shape index (κ2) is 66.7. The molecule has 0 fully saturated rings. The van der Waals surface area contributed by atoms with Gasteiger partial charge in [-0.2, -0.15) is 0 Å². The normalized spacial score (nSPS) is 15.3. The minimum absolute atomic E-state index is 0.116. The van der Waals surface area contributed by atoms with E-state index in [4.69, 9.17) is 28.4 Å². The number of carbonyl (C=O) groups is 6. The molecule has 0 aromatic heterocycles. The van der Waals surface area contributed by atoms with Crippen molar-refractivity contribution < 1.29 is 57.2 Å². The van der Waals surface area contributed by atoms with Crippen molar-refractivity contribution in [2.45, 2.75) is 379 Å². The molecule has 0 radical (unpaired) electrons. The van der Waals surface area contributed by atoms with Gasteiger partial charge >= 0.3 is 35.8 Å². The Labute approximate surface area is 544 Å². The Kier molecular flexibility index (Phi) is 62.0. The lowest BCUT2D eigenvalue weighted by atomic mass is 10.1. The number of ether oxygens (including phenoxy) is 6. The molecule has 0 saturated carbocycles. The minimum Gasteiger partial charge on any atom is -0.462 e. The highest BCUT2D eigenvalue weighted by Crippen LogP contribution is 2.17. The maximum Gasteiger partial charge on any atom is 0.306 e. The summed E-state index contributed by atoms with van der Waals surface area (Å²) in [6, 6.07) is 0. The van der Waals surface area contributed by atoms with Gasteiger partial charge < -0.3 is 28.4 Å². The minimum atomic E-state index is -0.832. The number of allylic oxidation sites excluding steroid dienone is 8. The van der Waals surface area contributed by atoms with E-state index in [2.05, 4.69) is 62.5 Å². The molecule has 1 aliphatic heterocycles. The van der Waals surface area contributed by atoms with E-state index in [-0.39, 0.29) is 75.1 Å². The fourth-order valence-electron chi connectivity index (χ4n) is 11.0. The van der Waals surface area contributed by atoms with Crippen molar-refractivity contribution in [3.05, 3.63) is 48.6 Å². The van der Waals surface area contributed by atoms with Crippen LogP contribution in [0.1, 0.15) is 367 Å². The highest BCUT2D eigenvalue weighted by molar-refractivity contribution is 5.72. The molecular weight excluding hydrogens is 1120 g/mol. The van der Waals surface area contributed by atoms with Gasteiger partial charge in [-0.15, -0.1) is 0 Å². The molecule has 0 aromatic rings. The van der Waals surface area contributed by atoms with E-state index < -0.39 is 12.2 Å². The first kappa shape index (κ1) is 82.8. The summed E-state index contributed by atoms with van der Waals surface area (Å²) in [5.74, 6) is -2.01.